The van der Waals surface area contributed by atoms with Gasteiger partial charge in [-0.1, -0.05) is 194 Å². The molecule has 0 radical (unpaired) electrons. The van der Waals surface area contributed by atoms with Crippen molar-refractivity contribution < 1.29 is 4.42 Å². The van der Waals surface area contributed by atoms with Crippen LogP contribution in [-0.2, 0) is 0 Å². The molecule has 17 aromatic rings. The van der Waals surface area contributed by atoms with Crippen LogP contribution in [0.3, 0.4) is 0 Å². The molecule has 5 nitrogen and oxygen atoms in total. The minimum absolute atomic E-state index is 0.410. The van der Waals surface area contributed by atoms with Crippen LogP contribution < -0.4 is 0 Å². The topological polar surface area (TPSA) is 70.6 Å². The molecule has 374 valence electrons. The fourth-order valence-corrected chi connectivity index (χ4v) is 15.8. The molecular weight excluding hydrogens is 1020 g/mol. The molecule has 12 aromatic carbocycles. The Morgan fingerprint density at radius 1 is 0.333 bits per heavy atom. The van der Waals surface area contributed by atoms with E-state index in [0.717, 1.165) is 119 Å². The summed E-state index contributed by atoms with van der Waals surface area (Å²) in [7, 11) is 0. The van der Waals surface area contributed by atoms with Gasteiger partial charge in [0.1, 0.15) is 23.3 Å². The van der Waals surface area contributed by atoms with E-state index in [-0.39, 0.29) is 0 Å². The van der Waals surface area contributed by atoms with Crippen LogP contribution in [0.15, 0.2) is 247 Å². The maximum Gasteiger partial charge on any atom is 0.136 e. The number of para-hydroxylation sites is 2. The second-order valence-electron chi connectivity index (χ2n) is 20.8. The minimum Gasteiger partial charge on any atom is -0.456 e. The molecule has 0 aliphatic rings. The van der Waals surface area contributed by atoms with Gasteiger partial charge in [-0.05, 0) is 81.9 Å². The lowest BCUT2D eigenvalue weighted by Crippen LogP contribution is -2.11. The molecule has 0 saturated heterocycles. The predicted molar refractivity (Wildman–Crippen MR) is 339 cm³/mol. The van der Waals surface area contributed by atoms with Crippen LogP contribution in [0.5, 0.6) is 0 Å². The van der Waals surface area contributed by atoms with E-state index in [1.54, 1.807) is 22.7 Å². The molecule has 0 aliphatic heterocycles. The van der Waals surface area contributed by atoms with E-state index in [1.807, 2.05) is 54.6 Å². The van der Waals surface area contributed by atoms with Crippen LogP contribution in [0, 0.1) is 22.7 Å². The highest BCUT2D eigenvalue weighted by Gasteiger charge is 2.34. The smallest absolute Gasteiger partial charge is 0.136 e. The summed E-state index contributed by atoms with van der Waals surface area (Å²) in [5.41, 5.74) is 15.3. The zero-order valence-electron chi connectivity index (χ0n) is 43.1. The summed E-state index contributed by atoms with van der Waals surface area (Å²) < 4.78 is 15.8. The predicted octanol–water partition coefficient (Wildman–Crippen LogP) is 20.9. The van der Waals surface area contributed by atoms with Gasteiger partial charge in [-0.2, -0.15) is 10.5 Å². The van der Waals surface area contributed by atoms with Gasteiger partial charge in [-0.15, -0.1) is 22.7 Å². The van der Waals surface area contributed by atoms with Gasteiger partial charge in [0.15, 0.2) is 0 Å². The van der Waals surface area contributed by atoms with E-state index >= 15 is 0 Å². The molecule has 0 aliphatic carbocycles. The summed E-state index contributed by atoms with van der Waals surface area (Å²) in [6.45, 7) is 0. The molecule has 17 rings (SSSR count). The first-order chi connectivity index (χ1) is 40.1. The second-order valence-corrected chi connectivity index (χ2v) is 22.9. The Morgan fingerprint density at radius 3 is 1.63 bits per heavy atom. The number of fused-ring (bicyclic) bond motifs is 17. The van der Waals surface area contributed by atoms with Gasteiger partial charge in [0, 0.05) is 74.4 Å². The summed E-state index contributed by atoms with van der Waals surface area (Å²) >= 11 is 3.59. The Morgan fingerprint density at radius 2 is 0.889 bits per heavy atom. The number of rotatable bonds is 6. The Kier molecular flexibility index (Phi) is 9.82. The quantitative estimate of drug-likeness (QED) is 0.167. The van der Waals surface area contributed by atoms with Gasteiger partial charge in [0.2, 0.25) is 0 Å². The van der Waals surface area contributed by atoms with E-state index < -0.39 is 0 Å². The van der Waals surface area contributed by atoms with Crippen LogP contribution in [-0.4, -0.2) is 9.13 Å². The van der Waals surface area contributed by atoms with Crippen molar-refractivity contribution in [2.24, 2.45) is 0 Å². The van der Waals surface area contributed by atoms with Gasteiger partial charge in [-0.3, -0.25) is 0 Å². The maximum atomic E-state index is 12.4. The van der Waals surface area contributed by atoms with Crippen LogP contribution in [0.4, 0.5) is 0 Å². The van der Waals surface area contributed by atoms with Crippen LogP contribution in [0.1, 0.15) is 11.1 Å². The van der Waals surface area contributed by atoms with Gasteiger partial charge in [-0.25, -0.2) is 0 Å². The third-order valence-corrected chi connectivity index (χ3v) is 19.0. The zero-order chi connectivity index (χ0) is 53.4. The molecule has 5 aromatic heterocycles. The van der Waals surface area contributed by atoms with Crippen molar-refractivity contribution in [1.29, 1.82) is 10.5 Å². The van der Waals surface area contributed by atoms with Crippen LogP contribution in [0.25, 0.3) is 162 Å². The summed E-state index contributed by atoms with van der Waals surface area (Å²) in [5, 5.41) is 35.7. The molecule has 0 spiro atoms. The second kappa shape index (κ2) is 17.5. The molecular formula is C74H40N4OS2. The number of nitriles is 2. The fraction of sp³-hybridized carbons (Fsp3) is 0. The van der Waals surface area contributed by atoms with E-state index in [1.165, 1.54) is 25.6 Å². The van der Waals surface area contributed by atoms with Gasteiger partial charge < -0.3 is 13.6 Å². The molecule has 81 heavy (non-hydrogen) atoms. The number of benzene rings is 12. The molecule has 7 heteroatoms. The van der Waals surface area contributed by atoms with Crippen molar-refractivity contribution in [2.45, 2.75) is 0 Å². The third kappa shape index (κ3) is 6.45. The monoisotopic (exact) mass is 1060 g/mol. The summed E-state index contributed by atoms with van der Waals surface area (Å²) in [6.07, 6.45) is 0. The van der Waals surface area contributed by atoms with Crippen molar-refractivity contribution in [3.05, 3.63) is 254 Å². The Bertz CT molecular complexity index is 5610. The summed E-state index contributed by atoms with van der Waals surface area (Å²) in [5.74, 6) is 0. The van der Waals surface area contributed by atoms with Crippen molar-refractivity contribution in [2.75, 3.05) is 0 Å². The minimum atomic E-state index is 0.410. The number of furan rings is 1. The molecule has 0 amide bonds. The lowest BCUT2D eigenvalue weighted by molar-refractivity contribution is 0.669. The Balaban J connectivity index is 1.11. The number of aromatic nitrogens is 2. The van der Waals surface area contributed by atoms with E-state index in [2.05, 4.69) is 209 Å². The first-order valence-corrected chi connectivity index (χ1v) is 28.7. The highest BCUT2D eigenvalue weighted by atomic mass is 32.1. The Hall–Kier alpha value is -10.5. The van der Waals surface area contributed by atoms with Crippen molar-refractivity contribution >= 4 is 129 Å². The number of hydrogen-bond donors (Lipinski definition) is 0. The average Bonchev–Trinajstić information content (AvgIpc) is 3.47. The number of thiophene rings is 2. The van der Waals surface area contributed by atoms with Crippen molar-refractivity contribution in [1.82, 2.24) is 9.13 Å². The maximum absolute atomic E-state index is 12.4. The summed E-state index contributed by atoms with van der Waals surface area (Å²) in [6, 6.07) is 91.2. The molecule has 0 saturated carbocycles. The fourth-order valence-electron chi connectivity index (χ4n) is 13.3. The molecule has 0 bridgehead atoms. The van der Waals surface area contributed by atoms with Gasteiger partial charge in [0.25, 0.3) is 0 Å². The van der Waals surface area contributed by atoms with Crippen LogP contribution in [0.2, 0.25) is 0 Å². The molecule has 0 N–H and O–H groups in total. The van der Waals surface area contributed by atoms with Crippen molar-refractivity contribution in [3.63, 3.8) is 0 Å². The van der Waals surface area contributed by atoms with Crippen LogP contribution >= 0.6 is 22.7 Å². The highest BCUT2D eigenvalue weighted by molar-refractivity contribution is 7.27. The van der Waals surface area contributed by atoms with Gasteiger partial charge in [0.05, 0.1) is 54.0 Å². The lowest BCUT2D eigenvalue weighted by atomic mass is 9.86. The van der Waals surface area contributed by atoms with E-state index in [9.17, 15) is 10.5 Å². The Labute approximate surface area is 471 Å². The molecule has 0 atom stereocenters. The largest absolute Gasteiger partial charge is 0.456 e. The first-order valence-electron chi connectivity index (χ1n) is 27.0. The molecule has 5 heterocycles. The highest BCUT2D eigenvalue weighted by Crippen LogP contribution is 2.54. The summed E-state index contributed by atoms with van der Waals surface area (Å²) in [4.78, 5) is 0. The third-order valence-electron chi connectivity index (χ3n) is 16.6. The SMILES string of the molecule is N#Cc1c(-c2ccccc2)c(C#N)c(-n2c3c(ccc4c5ccccc5sc43)c3cc(-c4ccccc4)c4c5ccccc5sc4c32)c(-c2ccccc2)c1-n1c2ccccc2c2cc(-c3cccc4oc5ccccc5c34)ccc21. The van der Waals surface area contributed by atoms with E-state index in [4.69, 9.17) is 4.42 Å². The molecule has 0 unspecified atom stereocenters. The number of nitrogens with zero attached hydrogens (tertiary/aromatic N) is 4. The lowest BCUT2D eigenvalue weighted by Gasteiger charge is -2.25. The van der Waals surface area contributed by atoms with E-state index in [0.29, 0.717) is 28.1 Å². The number of hydrogen-bond acceptors (Lipinski definition) is 5. The molecule has 0 fully saturated rings. The zero-order valence-corrected chi connectivity index (χ0v) is 44.7. The first kappa shape index (κ1) is 45.5. The average molecular weight is 1070 g/mol. The van der Waals surface area contributed by atoms with Crippen molar-refractivity contribution in [3.8, 4) is 68.0 Å². The normalized spacial score (nSPS) is 11.9. The van der Waals surface area contributed by atoms with Gasteiger partial charge >= 0.3 is 0 Å². The standard InChI is InChI=1S/C74H40N4OS2/c75-41-57-65(44-21-6-2-7-22-44)58(42-76)70(78-71-50(36-37-51-49-26-12-16-33-63(49)80-73(51)71)56-40-54(43-19-4-1-5-20-43)68-53-28-13-17-34-64(53)81-74(68)72(56)78)66(45-23-8-3-9-24-45)69(57)77-59-30-14-10-25-48(59)55-39-46(35-38-60(55)77)47-29-18-32-62-67(47)52-27-11-15-31-61(52)79-62/h1-40H.